The first-order valence-electron chi connectivity index (χ1n) is 4.84. The van der Waals surface area contributed by atoms with E-state index in [1.54, 1.807) is 6.07 Å². The van der Waals surface area contributed by atoms with E-state index >= 15 is 0 Å². The van der Waals surface area contributed by atoms with Crippen LogP contribution in [0.15, 0.2) is 29.4 Å². The van der Waals surface area contributed by atoms with E-state index in [2.05, 4.69) is 15.8 Å². The molecule has 2 amide bonds. The summed E-state index contributed by atoms with van der Waals surface area (Å²) in [5.41, 5.74) is 5.32. The van der Waals surface area contributed by atoms with Crippen molar-refractivity contribution < 1.29 is 14.4 Å². The van der Waals surface area contributed by atoms with Gasteiger partial charge in [0, 0.05) is 0 Å². The van der Waals surface area contributed by atoms with Gasteiger partial charge < -0.3 is 21.6 Å². The van der Waals surface area contributed by atoms with Crippen LogP contribution >= 0.6 is 0 Å². The summed E-state index contributed by atoms with van der Waals surface area (Å²) in [6.45, 7) is 1.52. The number of benzene rings is 1. The molecule has 0 fully saturated rings. The van der Waals surface area contributed by atoms with E-state index in [-0.39, 0.29) is 11.5 Å². The lowest BCUT2D eigenvalue weighted by Gasteiger charge is -2.13. The molecule has 0 aliphatic heterocycles. The largest absolute Gasteiger partial charge is 0.409 e. The number of nitrogens with one attached hydrogen (secondary N) is 2. The van der Waals surface area contributed by atoms with Crippen molar-refractivity contribution in [3.05, 3.63) is 30.1 Å². The summed E-state index contributed by atoms with van der Waals surface area (Å²) >= 11 is 0. The zero-order valence-corrected chi connectivity index (χ0v) is 9.14. The Morgan fingerprint density at radius 2 is 2.18 bits per heavy atom. The van der Waals surface area contributed by atoms with Gasteiger partial charge >= 0.3 is 6.03 Å². The first-order valence-corrected chi connectivity index (χ1v) is 4.84. The molecule has 0 aliphatic rings. The van der Waals surface area contributed by atoms with Crippen LogP contribution in [-0.4, -0.2) is 23.1 Å². The molecule has 1 atom stereocenters. The number of oxime groups is 1. The molecule has 0 radical (unpaired) electrons. The number of amides is 2. The van der Waals surface area contributed by atoms with Crippen LogP contribution in [0.25, 0.3) is 0 Å². The Morgan fingerprint density at radius 1 is 1.53 bits per heavy atom. The van der Waals surface area contributed by atoms with E-state index in [1.807, 2.05) is 0 Å². The van der Waals surface area contributed by atoms with Crippen LogP contribution in [0.5, 0.6) is 0 Å². The van der Waals surface area contributed by atoms with E-state index in [9.17, 15) is 9.18 Å². The standard InChI is InChI=1S/C10H13FN4O2/c1-6(9(12)15-17)13-10(16)14-8-5-3-2-4-7(8)11/h2-6,17H,1H3,(H2,12,15)(H2,13,14,16). The lowest BCUT2D eigenvalue weighted by atomic mass is 10.3. The number of carbonyl (C=O) groups is 1. The second kappa shape index (κ2) is 5.69. The molecule has 0 bridgehead atoms. The molecule has 6 nitrogen and oxygen atoms in total. The van der Waals surface area contributed by atoms with Crippen LogP contribution in [0.2, 0.25) is 0 Å². The maximum Gasteiger partial charge on any atom is 0.319 e. The third-order valence-electron chi connectivity index (χ3n) is 2.03. The predicted octanol–water partition coefficient (Wildman–Crippen LogP) is 1.08. The van der Waals surface area contributed by atoms with Crippen molar-refractivity contribution in [3.8, 4) is 0 Å². The van der Waals surface area contributed by atoms with Crippen LogP contribution in [-0.2, 0) is 0 Å². The second-order valence-corrected chi connectivity index (χ2v) is 3.32. The first-order chi connectivity index (χ1) is 8.04. The molecule has 1 aromatic carbocycles. The molecule has 1 aromatic rings. The second-order valence-electron chi connectivity index (χ2n) is 3.32. The third-order valence-corrected chi connectivity index (χ3v) is 2.03. The van der Waals surface area contributed by atoms with E-state index in [0.29, 0.717) is 0 Å². The van der Waals surface area contributed by atoms with Crippen molar-refractivity contribution in [1.82, 2.24) is 5.32 Å². The number of urea groups is 1. The van der Waals surface area contributed by atoms with Crippen molar-refractivity contribution in [1.29, 1.82) is 0 Å². The molecular formula is C10H13FN4O2. The highest BCUT2D eigenvalue weighted by Crippen LogP contribution is 2.11. The Balaban J connectivity index is 2.59. The van der Waals surface area contributed by atoms with Gasteiger partial charge in [0.05, 0.1) is 11.7 Å². The highest BCUT2D eigenvalue weighted by atomic mass is 19.1. The summed E-state index contributed by atoms with van der Waals surface area (Å²) in [5, 5.41) is 15.8. The van der Waals surface area contributed by atoms with E-state index in [0.717, 1.165) is 0 Å². The minimum atomic E-state index is -0.660. The van der Waals surface area contributed by atoms with Crippen LogP contribution in [0.4, 0.5) is 14.9 Å². The number of para-hydroxylation sites is 1. The number of nitrogens with two attached hydrogens (primary N) is 1. The Morgan fingerprint density at radius 3 is 2.76 bits per heavy atom. The van der Waals surface area contributed by atoms with E-state index in [1.165, 1.54) is 25.1 Å². The molecule has 0 saturated heterocycles. The van der Waals surface area contributed by atoms with Gasteiger partial charge in [-0.15, -0.1) is 0 Å². The Hall–Kier alpha value is -2.31. The van der Waals surface area contributed by atoms with Crippen LogP contribution in [0.3, 0.4) is 0 Å². The van der Waals surface area contributed by atoms with Gasteiger partial charge in [0.1, 0.15) is 5.82 Å². The van der Waals surface area contributed by atoms with Crippen LogP contribution < -0.4 is 16.4 Å². The molecule has 92 valence electrons. The van der Waals surface area contributed by atoms with Crippen LogP contribution in [0, 0.1) is 5.82 Å². The van der Waals surface area contributed by atoms with Crippen LogP contribution in [0.1, 0.15) is 6.92 Å². The van der Waals surface area contributed by atoms with Crippen molar-refractivity contribution >= 4 is 17.6 Å². The minimum absolute atomic E-state index is 0.0525. The molecule has 17 heavy (non-hydrogen) atoms. The lowest BCUT2D eigenvalue weighted by Crippen LogP contribution is -2.44. The fourth-order valence-corrected chi connectivity index (χ4v) is 1.08. The smallest absolute Gasteiger partial charge is 0.319 e. The molecular weight excluding hydrogens is 227 g/mol. The van der Waals surface area contributed by atoms with Gasteiger partial charge in [0.2, 0.25) is 0 Å². The Kier molecular flexibility index (Phi) is 4.27. The molecule has 1 unspecified atom stereocenters. The van der Waals surface area contributed by atoms with E-state index < -0.39 is 17.9 Å². The number of nitrogens with zero attached hydrogens (tertiary/aromatic N) is 1. The number of carbonyl (C=O) groups excluding carboxylic acids is 1. The quantitative estimate of drug-likeness (QED) is 0.275. The first kappa shape index (κ1) is 12.8. The molecule has 0 heterocycles. The summed E-state index contributed by atoms with van der Waals surface area (Å²) in [6.07, 6.45) is 0. The molecule has 5 N–H and O–H groups in total. The van der Waals surface area contributed by atoms with Gasteiger partial charge in [0.15, 0.2) is 5.84 Å². The van der Waals surface area contributed by atoms with Crippen molar-refractivity contribution in [2.24, 2.45) is 10.9 Å². The zero-order chi connectivity index (χ0) is 12.8. The van der Waals surface area contributed by atoms with Gasteiger partial charge in [-0.25, -0.2) is 9.18 Å². The number of halogens is 1. The molecule has 7 heteroatoms. The molecule has 1 rings (SSSR count). The lowest BCUT2D eigenvalue weighted by molar-refractivity contribution is 0.251. The summed E-state index contributed by atoms with van der Waals surface area (Å²) in [6, 6.07) is 4.44. The highest BCUT2D eigenvalue weighted by Gasteiger charge is 2.12. The fourth-order valence-electron chi connectivity index (χ4n) is 1.08. The number of anilines is 1. The summed E-state index contributed by atoms with van der Waals surface area (Å²) in [4.78, 5) is 11.4. The topological polar surface area (TPSA) is 99.7 Å². The van der Waals surface area contributed by atoms with Gasteiger partial charge in [-0.1, -0.05) is 17.3 Å². The van der Waals surface area contributed by atoms with Gasteiger partial charge in [-0.2, -0.15) is 0 Å². The average Bonchev–Trinajstić information content (AvgIpc) is 2.31. The number of hydrogen-bond acceptors (Lipinski definition) is 3. The van der Waals surface area contributed by atoms with Gasteiger partial charge in [-0.3, -0.25) is 0 Å². The average molecular weight is 240 g/mol. The SMILES string of the molecule is CC(NC(=O)Nc1ccccc1F)/C(N)=N/O. The Bertz CT molecular complexity index is 436. The molecule has 0 saturated carbocycles. The molecule has 0 aromatic heterocycles. The maximum atomic E-state index is 13.2. The molecule has 0 aliphatic carbocycles. The van der Waals surface area contributed by atoms with Crippen molar-refractivity contribution in [3.63, 3.8) is 0 Å². The predicted molar refractivity (Wildman–Crippen MR) is 61.4 cm³/mol. The minimum Gasteiger partial charge on any atom is -0.409 e. The highest BCUT2D eigenvalue weighted by molar-refractivity contribution is 5.94. The normalized spacial score (nSPS) is 12.9. The monoisotopic (exact) mass is 240 g/mol. The fraction of sp³-hybridized carbons (Fsp3) is 0.200. The maximum absolute atomic E-state index is 13.2. The van der Waals surface area contributed by atoms with E-state index in [4.69, 9.17) is 10.9 Å². The van der Waals surface area contributed by atoms with Crippen molar-refractivity contribution in [2.45, 2.75) is 13.0 Å². The Labute approximate surface area is 97.3 Å². The van der Waals surface area contributed by atoms with Gasteiger partial charge in [0.25, 0.3) is 0 Å². The third kappa shape index (κ3) is 3.63. The van der Waals surface area contributed by atoms with Crippen molar-refractivity contribution in [2.75, 3.05) is 5.32 Å². The summed E-state index contributed by atoms with van der Waals surface area (Å²) in [5.74, 6) is -0.687. The number of amidine groups is 1. The number of rotatable bonds is 3. The summed E-state index contributed by atoms with van der Waals surface area (Å²) in [7, 11) is 0. The summed E-state index contributed by atoms with van der Waals surface area (Å²) < 4.78 is 13.2. The number of hydrogen-bond donors (Lipinski definition) is 4. The van der Waals surface area contributed by atoms with Gasteiger partial charge in [-0.05, 0) is 19.1 Å². The zero-order valence-electron chi connectivity index (χ0n) is 9.14. The molecule has 0 spiro atoms.